The Morgan fingerprint density at radius 2 is 1.72 bits per heavy atom. The van der Waals surface area contributed by atoms with Gasteiger partial charge in [0.15, 0.2) is 17.4 Å². The molecule has 1 aromatic carbocycles. The zero-order valence-corrected chi connectivity index (χ0v) is 11.0. The van der Waals surface area contributed by atoms with E-state index in [4.69, 9.17) is 10.5 Å². The average molecular weight is 257 g/mol. The zero-order chi connectivity index (χ0) is 13.5. The monoisotopic (exact) mass is 257 g/mol. The summed E-state index contributed by atoms with van der Waals surface area (Å²) < 4.78 is 32.6. The van der Waals surface area contributed by atoms with Crippen molar-refractivity contribution in [1.82, 2.24) is 0 Å². The van der Waals surface area contributed by atoms with Gasteiger partial charge in [-0.05, 0) is 36.6 Å². The molecule has 0 aromatic heterocycles. The third-order valence-electron chi connectivity index (χ3n) is 3.11. The van der Waals surface area contributed by atoms with E-state index in [0.29, 0.717) is 31.1 Å². The van der Waals surface area contributed by atoms with Crippen molar-refractivity contribution in [2.75, 3.05) is 13.2 Å². The Balaban J connectivity index is 2.77. The Hall–Kier alpha value is -1.16. The van der Waals surface area contributed by atoms with Crippen molar-refractivity contribution in [3.8, 4) is 5.75 Å². The second-order valence-electron chi connectivity index (χ2n) is 4.42. The van der Waals surface area contributed by atoms with Crippen molar-refractivity contribution >= 4 is 0 Å². The van der Waals surface area contributed by atoms with Crippen LogP contribution in [0.2, 0.25) is 0 Å². The number of ether oxygens (including phenoxy) is 1. The van der Waals surface area contributed by atoms with E-state index < -0.39 is 11.6 Å². The molecular formula is C14H21F2NO. The second-order valence-corrected chi connectivity index (χ2v) is 4.42. The summed E-state index contributed by atoms with van der Waals surface area (Å²) >= 11 is 0. The van der Waals surface area contributed by atoms with Crippen LogP contribution in [0.1, 0.15) is 32.3 Å². The third-order valence-corrected chi connectivity index (χ3v) is 3.11. The predicted molar refractivity (Wildman–Crippen MR) is 68.7 cm³/mol. The van der Waals surface area contributed by atoms with Crippen LogP contribution in [0.5, 0.6) is 5.75 Å². The minimum Gasteiger partial charge on any atom is -0.487 e. The molecule has 0 saturated carbocycles. The van der Waals surface area contributed by atoms with Gasteiger partial charge in [-0.15, -0.1) is 0 Å². The highest BCUT2D eigenvalue weighted by molar-refractivity contribution is 5.31. The highest BCUT2D eigenvalue weighted by Gasteiger charge is 2.14. The highest BCUT2D eigenvalue weighted by Crippen LogP contribution is 2.24. The number of halogens is 2. The first-order valence-corrected chi connectivity index (χ1v) is 6.43. The first kappa shape index (κ1) is 14.9. The Morgan fingerprint density at radius 1 is 1.17 bits per heavy atom. The van der Waals surface area contributed by atoms with Gasteiger partial charge in [0.1, 0.15) is 0 Å². The van der Waals surface area contributed by atoms with E-state index in [1.807, 2.05) is 13.8 Å². The molecule has 0 amide bonds. The van der Waals surface area contributed by atoms with Gasteiger partial charge < -0.3 is 10.5 Å². The Bertz CT molecular complexity index is 355. The Morgan fingerprint density at radius 3 is 2.17 bits per heavy atom. The highest BCUT2D eigenvalue weighted by atomic mass is 19.1. The van der Waals surface area contributed by atoms with E-state index in [9.17, 15) is 8.78 Å². The average Bonchev–Trinajstić information content (AvgIpc) is 2.33. The molecule has 0 aliphatic heterocycles. The lowest BCUT2D eigenvalue weighted by Crippen LogP contribution is -2.12. The molecule has 4 heteroatoms. The van der Waals surface area contributed by atoms with E-state index >= 15 is 0 Å². The third kappa shape index (κ3) is 3.95. The van der Waals surface area contributed by atoms with Crippen LogP contribution < -0.4 is 10.5 Å². The molecule has 0 spiro atoms. The fourth-order valence-electron chi connectivity index (χ4n) is 1.79. The lowest BCUT2D eigenvalue weighted by atomic mass is 10.1. The maximum absolute atomic E-state index is 13.7. The fraction of sp³-hybridized carbons (Fsp3) is 0.571. The lowest BCUT2D eigenvalue weighted by Gasteiger charge is -2.15. The fourth-order valence-corrected chi connectivity index (χ4v) is 1.79. The van der Waals surface area contributed by atoms with Crippen LogP contribution in [-0.2, 0) is 6.42 Å². The number of nitrogens with two attached hydrogens (primary N) is 1. The Labute approximate surface area is 107 Å². The summed E-state index contributed by atoms with van der Waals surface area (Å²) in [5.74, 6) is -1.25. The topological polar surface area (TPSA) is 35.2 Å². The molecular weight excluding hydrogens is 236 g/mol. The first-order chi connectivity index (χ1) is 8.62. The molecule has 0 bridgehead atoms. The summed E-state index contributed by atoms with van der Waals surface area (Å²) in [7, 11) is 0. The van der Waals surface area contributed by atoms with Crippen molar-refractivity contribution in [3.63, 3.8) is 0 Å². The minimum atomic E-state index is -0.649. The van der Waals surface area contributed by atoms with Crippen LogP contribution in [0.15, 0.2) is 12.1 Å². The van der Waals surface area contributed by atoms with Gasteiger partial charge in [-0.1, -0.05) is 26.7 Å². The molecule has 0 heterocycles. The smallest absolute Gasteiger partial charge is 0.190 e. The summed E-state index contributed by atoms with van der Waals surface area (Å²) in [6, 6.07) is 2.58. The normalized spacial score (nSPS) is 11.0. The van der Waals surface area contributed by atoms with Crippen molar-refractivity contribution in [1.29, 1.82) is 0 Å². The van der Waals surface area contributed by atoms with Crippen LogP contribution in [0.3, 0.4) is 0 Å². The van der Waals surface area contributed by atoms with Crippen LogP contribution in [0.4, 0.5) is 8.78 Å². The molecule has 0 aliphatic rings. The van der Waals surface area contributed by atoms with E-state index in [1.54, 1.807) is 0 Å². The van der Waals surface area contributed by atoms with E-state index in [2.05, 4.69) is 0 Å². The van der Waals surface area contributed by atoms with Gasteiger partial charge in [0.05, 0.1) is 6.61 Å². The molecule has 1 aromatic rings. The van der Waals surface area contributed by atoms with Gasteiger partial charge in [-0.25, -0.2) is 8.78 Å². The standard InChI is InChI=1S/C14H21F2NO/c1-3-10(4-2)9-18-14-12(15)7-11(5-6-17)8-13(14)16/h7-8,10H,3-6,9,17H2,1-2H3. The quantitative estimate of drug-likeness (QED) is 0.813. The van der Waals surface area contributed by atoms with Gasteiger partial charge >= 0.3 is 0 Å². The molecule has 1 rings (SSSR count). The minimum absolute atomic E-state index is 0.275. The summed E-state index contributed by atoms with van der Waals surface area (Å²) in [6.07, 6.45) is 2.33. The first-order valence-electron chi connectivity index (χ1n) is 6.43. The van der Waals surface area contributed by atoms with Crippen LogP contribution >= 0.6 is 0 Å². The van der Waals surface area contributed by atoms with Gasteiger partial charge in [0.2, 0.25) is 0 Å². The second kappa shape index (κ2) is 7.31. The molecule has 0 radical (unpaired) electrons. The summed E-state index contributed by atoms with van der Waals surface area (Å²) in [6.45, 7) is 4.78. The number of rotatable bonds is 7. The van der Waals surface area contributed by atoms with Crippen molar-refractivity contribution < 1.29 is 13.5 Å². The largest absolute Gasteiger partial charge is 0.487 e. The molecule has 2 nitrogen and oxygen atoms in total. The molecule has 0 aliphatic carbocycles. The van der Waals surface area contributed by atoms with Crippen LogP contribution in [-0.4, -0.2) is 13.2 Å². The zero-order valence-electron chi connectivity index (χ0n) is 11.0. The molecule has 0 saturated heterocycles. The van der Waals surface area contributed by atoms with Crippen LogP contribution in [0, 0.1) is 17.6 Å². The lowest BCUT2D eigenvalue weighted by molar-refractivity contribution is 0.221. The SMILES string of the molecule is CCC(CC)COc1c(F)cc(CCN)cc1F. The maximum Gasteiger partial charge on any atom is 0.190 e. The molecule has 2 N–H and O–H groups in total. The van der Waals surface area contributed by atoms with Crippen LogP contribution in [0.25, 0.3) is 0 Å². The molecule has 102 valence electrons. The molecule has 0 fully saturated rings. The van der Waals surface area contributed by atoms with E-state index in [1.165, 1.54) is 12.1 Å². The molecule has 0 atom stereocenters. The Kier molecular flexibility index (Phi) is 6.05. The number of hydrogen-bond acceptors (Lipinski definition) is 2. The molecule has 0 unspecified atom stereocenters. The number of benzene rings is 1. The summed E-state index contributed by atoms with van der Waals surface area (Å²) in [5.41, 5.74) is 5.91. The predicted octanol–water partition coefficient (Wildman–Crippen LogP) is 3.28. The van der Waals surface area contributed by atoms with Gasteiger partial charge in [-0.3, -0.25) is 0 Å². The summed E-state index contributed by atoms with van der Waals surface area (Å²) in [4.78, 5) is 0. The van der Waals surface area contributed by atoms with Gasteiger partial charge in [0.25, 0.3) is 0 Å². The molecule has 18 heavy (non-hydrogen) atoms. The van der Waals surface area contributed by atoms with Gasteiger partial charge in [0, 0.05) is 0 Å². The van der Waals surface area contributed by atoms with E-state index in [-0.39, 0.29) is 5.75 Å². The van der Waals surface area contributed by atoms with Crippen molar-refractivity contribution in [3.05, 3.63) is 29.3 Å². The van der Waals surface area contributed by atoms with E-state index in [0.717, 1.165) is 12.8 Å². The van der Waals surface area contributed by atoms with Gasteiger partial charge in [-0.2, -0.15) is 0 Å². The summed E-state index contributed by atoms with van der Waals surface area (Å²) in [5, 5.41) is 0. The maximum atomic E-state index is 13.7. The van der Waals surface area contributed by atoms with Crippen molar-refractivity contribution in [2.45, 2.75) is 33.1 Å². The number of hydrogen-bond donors (Lipinski definition) is 1. The van der Waals surface area contributed by atoms with Crippen molar-refractivity contribution in [2.24, 2.45) is 11.7 Å².